The first-order chi connectivity index (χ1) is 16.9. The maximum Gasteiger partial charge on any atom is 0.451 e. The quantitative estimate of drug-likeness (QED) is 0.352. The zero-order chi connectivity index (χ0) is 26.4. The number of hydrogen-bond acceptors (Lipinski definition) is 4. The third-order valence-corrected chi connectivity index (χ3v) is 6.21. The molecule has 0 spiro atoms. The van der Waals surface area contributed by atoms with Gasteiger partial charge in [-0.1, -0.05) is 35.3 Å². The molecule has 6 nitrogen and oxygen atoms in total. The first kappa shape index (κ1) is 26.2. The molecule has 0 saturated heterocycles. The number of carbonyl (C=O) groups excluding carboxylic acids is 2. The summed E-state index contributed by atoms with van der Waals surface area (Å²) in [4.78, 5) is 29.1. The van der Waals surface area contributed by atoms with Gasteiger partial charge in [0.15, 0.2) is 5.82 Å². The molecular weight excluding hydrogens is 532 g/mol. The molecule has 192 valence electrons. The van der Waals surface area contributed by atoms with Gasteiger partial charge in [0, 0.05) is 17.6 Å². The Morgan fingerprint density at radius 1 is 1.17 bits per heavy atom. The highest BCUT2D eigenvalue weighted by Crippen LogP contribution is 2.45. The molecule has 1 heterocycles. The molecule has 1 aliphatic carbocycles. The molecule has 0 radical (unpaired) electrons. The summed E-state index contributed by atoms with van der Waals surface area (Å²) in [5.41, 5.74) is 2.71. The lowest BCUT2D eigenvalue weighted by molar-refractivity contribution is -0.136. The third-order valence-electron chi connectivity index (χ3n) is 5.66. The lowest BCUT2D eigenvalue weighted by Gasteiger charge is -2.17. The van der Waals surface area contributed by atoms with E-state index >= 15 is 0 Å². The van der Waals surface area contributed by atoms with Crippen molar-refractivity contribution in [3.05, 3.63) is 74.2 Å². The third kappa shape index (κ3) is 5.42. The number of carbonyl (C=O) groups is 2. The molecule has 2 aliphatic rings. The zero-order valence-electron chi connectivity index (χ0n) is 18.4. The van der Waals surface area contributed by atoms with Crippen LogP contribution in [0.2, 0.25) is 10.0 Å². The van der Waals surface area contributed by atoms with Gasteiger partial charge < -0.3 is 15.5 Å². The number of hydrogen-bond donors (Lipinski definition) is 3. The molecule has 1 fully saturated rings. The first-order valence-electron chi connectivity index (χ1n) is 10.6. The molecule has 0 bridgehead atoms. The topological polar surface area (TPSA) is 79.5 Å². The standard InChI is InChI=1S/C23H18Cl2F5N3O3/c1-9-4-10(2-3-12(9)22(35)31-8-17(34)32-16-7-15(16)26)20-18(21(36-33-20)23(28,29)30)11-5-13(24)19(27)14(25)6-11/h2-6,15-16,20,33H,7-8H2,1H3,(H,31,35)(H,32,34). The minimum Gasteiger partial charge on any atom is -0.402 e. The summed E-state index contributed by atoms with van der Waals surface area (Å²) >= 11 is 11.6. The molecule has 13 heteroatoms. The molecular formula is C23H18Cl2F5N3O3. The lowest BCUT2D eigenvalue weighted by Crippen LogP contribution is -2.38. The Labute approximate surface area is 211 Å². The highest BCUT2D eigenvalue weighted by Gasteiger charge is 2.46. The number of alkyl halides is 4. The van der Waals surface area contributed by atoms with Crippen LogP contribution in [0.3, 0.4) is 0 Å². The van der Waals surface area contributed by atoms with Crippen LogP contribution in [0.15, 0.2) is 36.1 Å². The second-order valence-electron chi connectivity index (χ2n) is 8.33. The Kier molecular flexibility index (Phi) is 7.18. The van der Waals surface area contributed by atoms with Gasteiger partial charge in [-0.3, -0.25) is 9.59 Å². The predicted molar refractivity (Wildman–Crippen MR) is 121 cm³/mol. The van der Waals surface area contributed by atoms with Crippen molar-refractivity contribution < 1.29 is 36.4 Å². The van der Waals surface area contributed by atoms with Crippen molar-refractivity contribution in [2.45, 2.75) is 37.8 Å². The Morgan fingerprint density at radius 3 is 2.36 bits per heavy atom. The minimum atomic E-state index is -4.89. The van der Waals surface area contributed by atoms with Gasteiger partial charge >= 0.3 is 6.18 Å². The van der Waals surface area contributed by atoms with E-state index < -0.39 is 57.9 Å². The fourth-order valence-corrected chi connectivity index (χ4v) is 4.25. The summed E-state index contributed by atoms with van der Waals surface area (Å²) in [5.74, 6) is -3.45. The normalized spacial score (nSPS) is 21.3. The minimum absolute atomic E-state index is 0.106. The van der Waals surface area contributed by atoms with Crippen LogP contribution in [0, 0.1) is 12.7 Å². The Bertz CT molecular complexity index is 1250. The fraction of sp³-hybridized carbons (Fsp3) is 0.304. The molecule has 1 aliphatic heterocycles. The van der Waals surface area contributed by atoms with Gasteiger partial charge in [0.05, 0.1) is 28.7 Å². The Hall–Kier alpha value is -2.89. The molecule has 2 amide bonds. The molecule has 2 aromatic rings. The molecule has 4 rings (SSSR count). The van der Waals surface area contributed by atoms with Crippen LogP contribution in [0.1, 0.15) is 39.5 Å². The average molecular weight is 550 g/mol. The zero-order valence-corrected chi connectivity index (χ0v) is 19.9. The number of hydroxylamine groups is 1. The van der Waals surface area contributed by atoms with Gasteiger partial charge in [0.1, 0.15) is 6.17 Å². The smallest absolute Gasteiger partial charge is 0.402 e. The van der Waals surface area contributed by atoms with Gasteiger partial charge in [-0.2, -0.15) is 13.2 Å². The summed E-state index contributed by atoms with van der Waals surface area (Å²) in [6, 6.07) is 4.59. The summed E-state index contributed by atoms with van der Waals surface area (Å²) in [6.07, 6.45) is -5.73. The van der Waals surface area contributed by atoms with E-state index in [1.807, 2.05) is 0 Å². The van der Waals surface area contributed by atoms with Crippen LogP contribution in [0.25, 0.3) is 5.57 Å². The van der Waals surface area contributed by atoms with Gasteiger partial charge in [-0.25, -0.2) is 8.78 Å². The maximum atomic E-state index is 13.9. The lowest BCUT2D eigenvalue weighted by atomic mass is 9.91. The van der Waals surface area contributed by atoms with E-state index in [9.17, 15) is 31.5 Å². The van der Waals surface area contributed by atoms with Crippen LogP contribution >= 0.6 is 23.2 Å². The molecule has 36 heavy (non-hydrogen) atoms. The average Bonchev–Trinajstić information content (AvgIpc) is 3.29. The van der Waals surface area contributed by atoms with Crippen molar-refractivity contribution in [3.8, 4) is 0 Å². The van der Waals surface area contributed by atoms with Crippen LogP contribution in [0.4, 0.5) is 22.0 Å². The molecule has 3 atom stereocenters. The summed E-state index contributed by atoms with van der Waals surface area (Å²) < 4.78 is 67.9. The van der Waals surface area contributed by atoms with Crippen LogP contribution in [0.5, 0.6) is 0 Å². The van der Waals surface area contributed by atoms with Crippen molar-refractivity contribution in [2.24, 2.45) is 0 Å². The molecule has 1 saturated carbocycles. The fourth-order valence-electron chi connectivity index (χ4n) is 3.77. The number of nitrogens with one attached hydrogen (secondary N) is 3. The maximum absolute atomic E-state index is 13.9. The molecule has 3 unspecified atom stereocenters. The molecule has 0 aromatic heterocycles. The monoisotopic (exact) mass is 549 g/mol. The SMILES string of the molecule is Cc1cc(C2NOC(C(F)(F)F)=C2c2cc(Cl)c(F)c(Cl)c2)ccc1C(=O)NCC(=O)NC1CC1F. The highest BCUT2D eigenvalue weighted by atomic mass is 35.5. The number of rotatable bonds is 6. The number of amides is 2. The summed E-state index contributed by atoms with van der Waals surface area (Å²) in [5, 5.41) is 3.92. The largest absolute Gasteiger partial charge is 0.451 e. The molecule has 2 aromatic carbocycles. The Balaban J connectivity index is 1.59. The van der Waals surface area contributed by atoms with Crippen molar-refractivity contribution in [2.75, 3.05) is 6.54 Å². The highest BCUT2D eigenvalue weighted by molar-refractivity contribution is 6.35. The van der Waals surface area contributed by atoms with E-state index in [4.69, 9.17) is 28.0 Å². The van der Waals surface area contributed by atoms with Crippen molar-refractivity contribution in [3.63, 3.8) is 0 Å². The summed E-state index contributed by atoms with van der Waals surface area (Å²) in [6.45, 7) is 1.20. The van der Waals surface area contributed by atoms with Gasteiger partial charge in [0.2, 0.25) is 11.7 Å². The van der Waals surface area contributed by atoms with Gasteiger partial charge in [-0.05, 0) is 41.8 Å². The van der Waals surface area contributed by atoms with E-state index in [0.29, 0.717) is 11.1 Å². The summed E-state index contributed by atoms with van der Waals surface area (Å²) in [7, 11) is 0. The number of aryl methyl sites for hydroxylation is 1. The second-order valence-corrected chi connectivity index (χ2v) is 9.14. The Morgan fingerprint density at radius 2 is 1.81 bits per heavy atom. The van der Waals surface area contributed by atoms with E-state index in [1.165, 1.54) is 18.2 Å². The van der Waals surface area contributed by atoms with E-state index in [1.54, 1.807) is 6.92 Å². The van der Waals surface area contributed by atoms with E-state index in [0.717, 1.165) is 12.1 Å². The van der Waals surface area contributed by atoms with Crippen LogP contribution in [-0.2, 0) is 9.63 Å². The van der Waals surface area contributed by atoms with Gasteiger partial charge in [-0.15, -0.1) is 5.48 Å². The van der Waals surface area contributed by atoms with Crippen LogP contribution in [-0.4, -0.2) is 36.7 Å². The van der Waals surface area contributed by atoms with Crippen LogP contribution < -0.4 is 16.1 Å². The molecule has 3 N–H and O–H groups in total. The van der Waals surface area contributed by atoms with Crippen molar-refractivity contribution in [1.82, 2.24) is 16.1 Å². The number of benzene rings is 2. The van der Waals surface area contributed by atoms with E-state index in [-0.39, 0.29) is 29.7 Å². The second kappa shape index (κ2) is 9.87. The number of halogens is 7. The first-order valence-corrected chi connectivity index (χ1v) is 11.3. The number of allylic oxidation sites excluding steroid dienone is 1. The predicted octanol–water partition coefficient (Wildman–Crippen LogP) is 4.95. The van der Waals surface area contributed by atoms with Gasteiger partial charge in [0.25, 0.3) is 5.91 Å². The van der Waals surface area contributed by atoms with Crippen molar-refractivity contribution in [1.29, 1.82) is 0 Å². The van der Waals surface area contributed by atoms with E-state index in [2.05, 4.69) is 16.1 Å². The van der Waals surface area contributed by atoms with Crippen molar-refractivity contribution >= 4 is 40.6 Å².